The van der Waals surface area contributed by atoms with Crippen molar-refractivity contribution in [2.75, 3.05) is 13.1 Å². The molecular formula is C18H18N4O2S. The van der Waals surface area contributed by atoms with Gasteiger partial charge in [-0.3, -0.25) is 9.48 Å². The maximum absolute atomic E-state index is 12.9. The van der Waals surface area contributed by atoms with Gasteiger partial charge in [-0.1, -0.05) is 41.7 Å². The molecule has 7 heteroatoms. The smallest absolute Gasteiger partial charge is 0.273 e. The first-order valence-corrected chi connectivity index (χ1v) is 9.03. The Kier molecular flexibility index (Phi) is 4.23. The number of nitrogens with zero attached hydrogens (tertiary/aromatic N) is 4. The van der Waals surface area contributed by atoms with E-state index in [0.29, 0.717) is 24.0 Å². The summed E-state index contributed by atoms with van der Waals surface area (Å²) in [7, 11) is 1.80. The van der Waals surface area contributed by atoms with E-state index < -0.39 is 0 Å². The Morgan fingerprint density at radius 2 is 2.16 bits per heavy atom. The summed E-state index contributed by atoms with van der Waals surface area (Å²) >= 11 is 1.47. The first kappa shape index (κ1) is 15.8. The SMILES string of the molecule is Cn1nc(-c2ccccc2)cc1C(=O)N1CCC(Oc2nccs2)C1. The Labute approximate surface area is 149 Å². The number of ether oxygens (including phenoxy) is 1. The number of amides is 1. The van der Waals surface area contributed by atoms with E-state index >= 15 is 0 Å². The number of aryl methyl sites for hydroxylation is 1. The van der Waals surface area contributed by atoms with Gasteiger partial charge in [-0.2, -0.15) is 5.10 Å². The van der Waals surface area contributed by atoms with Gasteiger partial charge in [0, 0.05) is 37.2 Å². The van der Waals surface area contributed by atoms with E-state index in [4.69, 9.17) is 4.74 Å². The van der Waals surface area contributed by atoms with Gasteiger partial charge in [-0.15, -0.1) is 0 Å². The molecule has 6 nitrogen and oxygen atoms in total. The maximum atomic E-state index is 12.9. The lowest BCUT2D eigenvalue weighted by Gasteiger charge is -2.16. The third-order valence-corrected chi connectivity index (χ3v) is 4.94. The highest BCUT2D eigenvalue weighted by atomic mass is 32.1. The van der Waals surface area contributed by atoms with Crippen LogP contribution in [-0.4, -0.2) is 44.8 Å². The van der Waals surface area contributed by atoms with E-state index in [-0.39, 0.29) is 12.0 Å². The van der Waals surface area contributed by atoms with Gasteiger partial charge in [0.2, 0.25) is 0 Å². The van der Waals surface area contributed by atoms with E-state index in [1.807, 2.05) is 46.7 Å². The highest BCUT2D eigenvalue weighted by Gasteiger charge is 2.30. The number of likely N-dealkylation sites (tertiary alicyclic amines) is 1. The van der Waals surface area contributed by atoms with Gasteiger partial charge in [0.25, 0.3) is 11.1 Å². The number of aromatic nitrogens is 3. The number of carbonyl (C=O) groups excluding carboxylic acids is 1. The number of thiazole rings is 1. The Morgan fingerprint density at radius 3 is 2.92 bits per heavy atom. The van der Waals surface area contributed by atoms with E-state index in [9.17, 15) is 4.79 Å². The number of hydrogen-bond acceptors (Lipinski definition) is 5. The average Bonchev–Trinajstić information content (AvgIpc) is 3.37. The van der Waals surface area contributed by atoms with Gasteiger partial charge in [-0.05, 0) is 6.07 Å². The van der Waals surface area contributed by atoms with Crippen LogP contribution >= 0.6 is 11.3 Å². The predicted octanol–water partition coefficient (Wildman–Crippen LogP) is 2.84. The monoisotopic (exact) mass is 354 g/mol. The number of rotatable bonds is 4. The zero-order chi connectivity index (χ0) is 17.2. The number of carbonyl (C=O) groups is 1. The topological polar surface area (TPSA) is 60.2 Å². The predicted molar refractivity (Wildman–Crippen MR) is 95.7 cm³/mol. The molecule has 1 fully saturated rings. The number of benzene rings is 1. The highest BCUT2D eigenvalue weighted by molar-refractivity contribution is 7.11. The van der Waals surface area contributed by atoms with Crippen LogP contribution in [0.15, 0.2) is 48.0 Å². The third kappa shape index (κ3) is 3.28. The van der Waals surface area contributed by atoms with Gasteiger partial charge >= 0.3 is 0 Å². The molecule has 0 spiro atoms. The Bertz CT molecular complexity index is 861. The fourth-order valence-electron chi connectivity index (χ4n) is 3.00. The van der Waals surface area contributed by atoms with E-state index in [2.05, 4.69) is 10.1 Å². The van der Waals surface area contributed by atoms with Crippen LogP contribution in [0.1, 0.15) is 16.9 Å². The zero-order valence-electron chi connectivity index (χ0n) is 13.8. The van der Waals surface area contributed by atoms with Gasteiger partial charge in [0.15, 0.2) is 0 Å². The molecule has 1 aliphatic rings. The van der Waals surface area contributed by atoms with Crippen LogP contribution in [0.5, 0.6) is 5.19 Å². The van der Waals surface area contributed by atoms with Crippen molar-refractivity contribution in [1.82, 2.24) is 19.7 Å². The molecule has 1 amide bonds. The Morgan fingerprint density at radius 1 is 1.32 bits per heavy atom. The molecule has 1 unspecified atom stereocenters. The van der Waals surface area contributed by atoms with Crippen LogP contribution < -0.4 is 4.74 Å². The molecule has 3 heterocycles. The molecule has 3 aromatic rings. The van der Waals surface area contributed by atoms with Crippen LogP contribution in [0, 0.1) is 0 Å². The molecule has 0 radical (unpaired) electrons. The van der Waals surface area contributed by atoms with E-state index in [0.717, 1.165) is 17.7 Å². The van der Waals surface area contributed by atoms with Gasteiger partial charge in [-0.25, -0.2) is 4.98 Å². The molecule has 0 bridgehead atoms. The minimum absolute atomic E-state index is 0.00285. The summed E-state index contributed by atoms with van der Waals surface area (Å²) < 4.78 is 7.48. The summed E-state index contributed by atoms with van der Waals surface area (Å²) in [6, 6.07) is 11.7. The summed E-state index contributed by atoms with van der Waals surface area (Å²) in [4.78, 5) is 18.8. The molecule has 1 aliphatic heterocycles. The fraction of sp³-hybridized carbons (Fsp3) is 0.278. The summed E-state index contributed by atoms with van der Waals surface area (Å²) in [6.07, 6.45) is 2.53. The van der Waals surface area contributed by atoms with Crippen molar-refractivity contribution < 1.29 is 9.53 Å². The van der Waals surface area contributed by atoms with Crippen molar-refractivity contribution in [1.29, 1.82) is 0 Å². The summed E-state index contributed by atoms with van der Waals surface area (Å²) in [5, 5.41) is 7.02. The van der Waals surface area contributed by atoms with Gasteiger partial charge in [0.05, 0.1) is 12.2 Å². The summed E-state index contributed by atoms with van der Waals surface area (Å²) in [6.45, 7) is 1.25. The minimum atomic E-state index is -0.0116. The molecule has 0 aliphatic carbocycles. The lowest BCUT2D eigenvalue weighted by molar-refractivity contribution is 0.0761. The maximum Gasteiger partial charge on any atom is 0.273 e. The van der Waals surface area contributed by atoms with Crippen molar-refractivity contribution >= 4 is 17.2 Å². The van der Waals surface area contributed by atoms with Crippen LogP contribution in [0.2, 0.25) is 0 Å². The molecule has 1 saturated heterocycles. The lowest BCUT2D eigenvalue weighted by Crippen LogP contribution is -2.32. The van der Waals surface area contributed by atoms with E-state index in [1.54, 1.807) is 17.9 Å². The molecule has 2 aromatic heterocycles. The highest BCUT2D eigenvalue weighted by Crippen LogP contribution is 2.23. The first-order valence-electron chi connectivity index (χ1n) is 8.15. The molecule has 25 heavy (non-hydrogen) atoms. The zero-order valence-corrected chi connectivity index (χ0v) is 14.6. The van der Waals surface area contributed by atoms with Gasteiger partial charge in [0.1, 0.15) is 11.8 Å². The molecule has 128 valence electrons. The minimum Gasteiger partial charge on any atom is -0.465 e. The fourth-order valence-corrected chi connectivity index (χ4v) is 3.55. The van der Waals surface area contributed by atoms with E-state index in [1.165, 1.54) is 11.3 Å². The van der Waals surface area contributed by atoms with Crippen molar-refractivity contribution in [3.63, 3.8) is 0 Å². The van der Waals surface area contributed by atoms with Crippen LogP contribution in [0.3, 0.4) is 0 Å². The lowest BCUT2D eigenvalue weighted by atomic mass is 10.1. The molecule has 0 saturated carbocycles. The number of hydrogen-bond donors (Lipinski definition) is 0. The molecule has 1 aromatic carbocycles. The van der Waals surface area contributed by atoms with Crippen LogP contribution in [0.4, 0.5) is 0 Å². The normalized spacial score (nSPS) is 17.0. The van der Waals surface area contributed by atoms with Gasteiger partial charge < -0.3 is 9.64 Å². The molecule has 0 N–H and O–H groups in total. The van der Waals surface area contributed by atoms with Crippen molar-refractivity contribution in [3.8, 4) is 16.5 Å². The largest absolute Gasteiger partial charge is 0.465 e. The Hall–Kier alpha value is -2.67. The second-order valence-corrected chi connectivity index (χ2v) is 6.84. The average molecular weight is 354 g/mol. The third-order valence-electron chi connectivity index (χ3n) is 4.28. The second-order valence-electron chi connectivity index (χ2n) is 5.98. The quantitative estimate of drug-likeness (QED) is 0.723. The van der Waals surface area contributed by atoms with Crippen LogP contribution in [0.25, 0.3) is 11.3 Å². The van der Waals surface area contributed by atoms with Crippen molar-refractivity contribution in [3.05, 3.63) is 53.7 Å². The van der Waals surface area contributed by atoms with Crippen LogP contribution in [-0.2, 0) is 7.05 Å². The Balaban J connectivity index is 1.47. The molecule has 4 rings (SSSR count). The van der Waals surface area contributed by atoms with Crippen molar-refractivity contribution in [2.45, 2.75) is 12.5 Å². The first-order chi connectivity index (χ1) is 12.2. The standard InChI is InChI=1S/C18H18N4O2S/c1-21-16(11-15(20-21)13-5-3-2-4-6-13)17(23)22-9-7-14(12-22)24-18-19-8-10-25-18/h2-6,8,10-11,14H,7,9,12H2,1H3. The molecule has 1 atom stereocenters. The summed E-state index contributed by atoms with van der Waals surface area (Å²) in [5.41, 5.74) is 2.40. The second kappa shape index (κ2) is 6.68. The summed E-state index contributed by atoms with van der Waals surface area (Å²) in [5.74, 6) is -0.0116. The van der Waals surface area contributed by atoms with Crippen molar-refractivity contribution in [2.24, 2.45) is 7.05 Å². The molecular weight excluding hydrogens is 336 g/mol.